The summed E-state index contributed by atoms with van der Waals surface area (Å²) in [6.45, 7) is 0. The molecule has 0 saturated heterocycles. The largest absolute Gasteiger partial charge is 0.497 e. The normalized spacial score (nSPS) is 11.0. The molecule has 0 radical (unpaired) electrons. The first kappa shape index (κ1) is 23.2. The molecule has 0 aliphatic carbocycles. The summed E-state index contributed by atoms with van der Waals surface area (Å²) < 4.78 is 43.4. The van der Waals surface area contributed by atoms with E-state index < -0.39 is 17.6 Å². The number of methoxy groups -OCH3 is 1. The van der Waals surface area contributed by atoms with Gasteiger partial charge in [-0.25, -0.2) is 0 Å². The fraction of sp³-hybridized carbons (Fsp3) is 0.130. The third-order valence-electron chi connectivity index (χ3n) is 4.31. The molecule has 0 bridgehead atoms. The van der Waals surface area contributed by atoms with Crippen LogP contribution in [0.15, 0.2) is 77.7 Å². The molecule has 2 N–H and O–H groups in total. The summed E-state index contributed by atoms with van der Waals surface area (Å²) in [7, 11) is 1.55. The van der Waals surface area contributed by atoms with Crippen molar-refractivity contribution in [2.75, 3.05) is 23.5 Å². The van der Waals surface area contributed by atoms with Crippen molar-refractivity contribution in [1.82, 2.24) is 0 Å². The minimum Gasteiger partial charge on any atom is -0.497 e. The third kappa shape index (κ3) is 6.52. The van der Waals surface area contributed by atoms with Crippen LogP contribution in [0.25, 0.3) is 0 Å². The number of carbonyl (C=O) groups excluding carboxylic acids is 2. The van der Waals surface area contributed by atoms with Gasteiger partial charge in [0.1, 0.15) is 5.75 Å². The van der Waals surface area contributed by atoms with Crippen LogP contribution in [0.1, 0.15) is 15.9 Å². The number of hydrogen-bond donors (Lipinski definition) is 2. The molecule has 0 aromatic heterocycles. The van der Waals surface area contributed by atoms with Crippen molar-refractivity contribution in [3.05, 3.63) is 83.9 Å². The second-order valence-electron chi connectivity index (χ2n) is 6.62. The number of benzene rings is 3. The Hall–Kier alpha value is -3.46. The molecule has 0 heterocycles. The molecule has 3 aromatic carbocycles. The highest BCUT2D eigenvalue weighted by atomic mass is 32.2. The minimum atomic E-state index is -4.47. The summed E-state index contributed by atoms with van der Waals surface area (Å²) in [4.78, 5) is 25.1. The SMILES string of the molecule is COc1ccc(C(=O)Nc2ccc(SCC(=O)Nc3cccc(C(F)(F)F)c3)cc2)cc1. The average Bonchev–Trinajstić information content (AvgIpc) is 2.78. The molecule has 32 heavy (non-hydrogen) atoms. The van der Waals surface area contributed by atoms with Crippen LogP contribution >= 0.6 is 11.8 Å². The second kappa shape index (κ2) is 10.2. The van der Waals surface area contributed by atoms with Gasteiger partial charge in [0, 0.05) is 21.8 Å². The fourth-order valence-electron chi connectivity index (χ4n) is 2.70. The molecule has 0 spiro atoms. The first-order chi connectivity index (χ1) is 15.2. The van der Waals surface area contributed by atoms with Crippen molar-refractivity contribution in [1.29, 1.82) is 0 Å². The zero-order valence-corrected chi connectivity index (χ0v) is 17.7. The lowest BCUT2D eigenvalue weighted by atomic mass is 10.2. The molecule has 9 heteroatoms. The Morgan fingerprint density at radius 1 is 0.906 bits per heavy atom. The van der Waals surface area contributed by atoms with Crippen molar-refractivity contribution in [2.45, 2.75) is 11.1 Å². The van der Waals surface area contributed by atoms with Gasteiger partial charge in [0.05, 0.1) is 18.4 Å². The molecule has 0 aliphatic rings. The predicted molar refractivity (Wildman–Crippen MR) is 118 cm³/mol. The van der Waals surface area contributed by atoms with Crippen LogP contribution in [0.3, 0.4) is 0 Å². The maximum absolute atomic E-state index is 12.8. The number of halogens is 3. The maximum Gasteiger partial charge on any atom is 0.416 e. The smallest absolute Gasteiger partial charge is 0.416 e. The number of anilines is 2. The summed E-state index contributed by atoms with van der Waals surface area (Å²) in [5.74, 6) is -0.0203. The minimum absolute atomic E-state index is 0.0216. The molecule has 2 amide bonds. The molecule has 0 atom stereocenters. The number of alkyl halides is 3. The Labute approximate surface area is 187 Å². The van der Waals surface area contributed by atoms with E-state index in [-0.39, 0.29) is 17.3 Å². The monoisotopic (exact) mass is 460 g/mol. The van der Waals surface area contributed by atoms with Crippen molar-refractivity contribution in [2.24, 2.45) is 0 Å². The zero-order chi connectivity index (χ0) is 23.1. The summed E-state index contributed by atoms with van der Waals surface area (Å²) in [5, 5.41) is 5.24. The second-order valence-corrected chi connectivity index (χ2v) is 7.67. The Balaban J connectivity index is 1.51. The molecular weight excluding hydrogens is 441 g/mol. The predicted octanol–water partition coefficient (Wildman–Crippen LogP) is 5.70. The topological polar surface area (TPSA) is 67.4 Å². The van der Waals surface area contributed by atoms with Gasteiger partial charge in [-0.3, -0.25) is 9.59 Å². The molecule has 0 unspecified atom stereocenters. The summed E-state index contributed by atoms with van der Waals surface area (Å²) in [6.07, 6.45) is -4.47. The van der Waals surface area contributed by atoms with Gasteiger partial charge in [-0.05, 0) is 66.7 Å². The molecule has 0 fully saturated rings. The van der Waals surface area contributed by atoms with Crippen molar-refractivity contribution in [3.8, 4) is 5.75 Å². The lowest BCUT2D eigenvalue weighted by Gasteiger charge is -2.10. The molecule has 0 aliphatic heterocycles. The number of rotatable bonds is 7. The van der Waals surface area contributed by atoms with E-state index in [1.807, 2.05) is 0 Å². The van der Waals surface area contributed by atoms with Crippen molar-refractivity contribution in [3.63, 3.8) is 0 Å². The lowest BCUT2D eigenvalue weighted by molar-refractivity contribution is -0.137. The number of amides is 2. The van der Waals surface area contributed by atoms with E-state index in [4.69, 9.17) is 4.74 Å². The fourth-order valence-corrected chi connectivity index (χ4v) is 3.40. The van der Waals surface area contributed by atoms with E-state index in [1.165, 1.54) is 23.9 Å². The van der Waals surface area contributed by atoms with E-state index >= 15 is 0 Å². The standard InChI is InChI=1S/C23H19F3N2O3S/c1-31-19-9-5-15(6-10-19)22(30)28-17-7-11-20(12-8-17)32-14-21(29)27-18-4-2-3-16(13-18)23(24,25)26/h2-13H,14H2,1H3,(H,27,29)(H,28,30). The number of carbonyl (C=O) groups is 2. The van der Waals surface area contributed by atoms with Crippen LogP contribution in [-0.4, -0.2) is 24.7 Å². The van der Waals surface area contributed by atoms with Crippen LogP contribution in [0.4, 0.5) is 24.5 Å². The molecule has 5 nitrogen and oxygen atoms in total. The van der Waals surface area contributed by atoms with Gasteiger partial charge in [0.15, 0.2) is 0 Å². The Bertz CT molecular complexity index is 1080. The zero-order valence-electron chi connectivity index (χ0n) is 16.9. The van der Waals surface area contributed by atoms with Gasteiger partial charge in [-0.2, -0.15) is 13.2 Å². The molecule has 3 rings (SSSR count). The number of nitrogens with one attached hydrogen (secondary N) is 2. The van der Waals surface area contributed by atoms with Gasteiger partial charge in [-0.1, -0.05) is 6.07 Å². The van der Waals surface area contributed by atoms with E-state index in [0.29, 0.717) is 17.0 Å². The number of thioether (sulfide) groups is 1. The van der Waals surface area contributed by atoms with Gasteiger partial charge >= 0.3 is 6.18 Å². The summed E-state index contributed by atoms with van der Waals surface area (Å²) >= 11 is 1.22. The highest BCUT2D eigenvalue weighted by molar-refractivity contribution is 8.00. The van der Waals surface area contributed by atoms with Crippen LogP contribution in [0.5, 0.6) is 5.75 Å². The highest BCUT2D eigenvalue weighted by Gasteiger charge is 2.30. The lowest BCUT2D eigenvalue weighted by Crippen LogP contribution is -2.15. The quantitative estimate of drug-likeness (QED) is 0.444. The van der Waals surface area contributed by atoms with Crippen LogP contribution in [0.2, 0.25) is 0 Å². The number of hydrogen-bond acceptors (Lipinski definition) is 4. The van der Waals surface area contributed by atoms with E-state index in [2.05, 4.69) is 10.6 Å². The van der Waals surface area contributed by atoms with Crippen molar-refractivity contribution < 1.29 is 27.5 Å². The third-order valence-corrected chi connectivity index (χ3v) is 5.32. The molecular formula is C23H19F3N2O3S. The summed E-state index contributed by atoms with van der Waals surface area (Å²) in [6, 6.07) is 18.1. The van der Waals surface area contributed by atoms with Gasteiger partial charge in [-0.15, -0.1) is 11.8 Å². The van der Waals surface area contributed by atoms with E-state index in [9.17, 15) is 22.8 Å². The van der Waals surface area contributed by atoms with Gasteiger partial charge in [0.2, 0.25) is 5.91 Å². The maximum atomic E-state index is 12.8. The first-order valence-electron chi connectivity index (χ1n) is 9.40. The van der Waals surface area contributed by atoms with Crippen molar-refractivity contribution >= 4 is 35.0 Å². The van der Waals surface area contributed by atoms with Crippen LogP contribution in [0, 0.1) is 0 Å². The van der Waals surface area contributed by atoms with Crippen LogP contribution < -0.4 is 15.4 Å². The first-order valence-corrected chi connectivity index (χ1v) is 10.4. The molecule has 0 saturated carbocycles. The summed E-state index contributed by atoms with van der Waals surface area (Å²) in [5.41, 5.74) is 0.330. The van der Waals surface area contributed by atoms with Gasteiger partial charge in [0.25, 0.3) is 5.91 Å². The van der Waals surface area contributed by atoms with Gasteiger partial charge < -0.3 is 15.4 Å². The Kier molecular flexibility index (Phi) is 7.42. The number of ether oxygens (including phenoxy) is 1. The molecule has 3 aromatic rings. The Morgan fingerprint density at radius 3 is 2.22 bits per heavy atom. The average molecular weight is 460 g/mol. The van der Waals surface area contributed by atoms with E-state index in [0.717, 1.165) is 17.0 Å². The highest BCUT2D eigenvalue weighted by Crippen LogP contribution is 2.30. The Morgan fingerprint density at radius 2 is 1.59 bits per heavy atom. The van der Waals surface area contributed by atoms with E-state index in [1.54, 1.807) is 55.6 Å². The van der Waals surface area contributed by atoms with Crippen LogP contribution in [-0.2, 0) is 11.0 Å². The molecule has 166 valence electrons.